The molecule has 1 fully saturated rings. The standard InChI is InChI=1S/C30H27FN2O5S/c1-3-4-8-15-38-22-14-11-19(16-23(22)37-2)26-25(27(34)18-9-6-5-7-10-18)28(35)29(36)33(26)30-32-21-13-12-20(31)17-24(21)39-30/h5-7,9-14,16-17,26,34H,3-4,8,15H2,1-2H3. The van der Waals surface area contributed by atoms with Crippen molar-refractivity contribution in [3.63, 3.8) is 0 Å². The number of nitrogens with zero attached hydrogens (tertiary/aromatic N) is 2. The second-order valence-electron chi connectivity index (χ2n) is 9.11. The summed E-state index contributed by atoms with van der Waals surface area (Å²) in [5.74, 6) is -1.44. The number of Topliss-reactive ketones (excluding diaryl/α,β-unsaturated/α-hetero) is 1. The van der Waals surface area contributed by atoms with Crippen molar-refractivity contribution < 1.29 is 28.6 Å². The number of hydrogen-bond donors (Lipinski definition) is 1. The SMILES string of the molecule is CCCCCOc1ccc(C2C(=C(O)c3ccccc3)C(=O)C(=O)N2c2nc3ccc(F)cc3s2)cc1OC. The number of amides is 1. The van der Waals surface area contributed by atoms with Gasteiger partial charge in [-0.25, -0.2) is 9.37 Å². The number of aliphatic hydroxyl groups is 1. The molecule has 0 bridgehead atoms. The molecule has 1 amide bonds. The smallest absolute Gasteiger partial charge is 0.301 e. The second kappa shape index (κ2) is 11.2. The van der Waals surface area contributed by atoms with Gasteiger partial charge in [-0.15, -0.1) is 0 Å². The van der Waals surface area contributed by atoms with Crippen LogP contribution in [0.15, 0.2) is 72.3 Å². The Morgan fingerprint density at radius 3 is 2.59 bits per heavy atom. The molecule has 4 aromatic rings. The highest BCUT2D eigenvalue weighted by atomic mass is 32.1. The van der Waals surface area contributed by atoms with Gasteiger partial charge in [0.2, 0.25) is 0 Å². The summed E-state index contributed by atoms with van der Waals surface area (Å²) in [6.07, 6.45) is 3.01. The van der Waals surface area contributed by atoms with E-state index in [9.17, 15) is 19.1 Å². The van der Waals surface area contributed by atoms with Gasteiger partial charge in [0.05, 0.1) is 35.5 Å². The van der Waals surface area contributed by atoms with Crippen LogP contribution in [0, 0.1) is 5.82 Å². The molecule has 5 rings (SSSR count). The molecule has 7 nitrogen and oxygen atoms in total. The molecular formula is C30H27FN2O5S. The molecule has 39 heavy (non-hydrogen) atoms. The van der Waals surface area contributed by atoms with E-state index in [2.05, 4.69) is 11.9 Å². The number of benzene rings is 3. The summed E-state index contributed by atoms with van der Waals surface area (Å²) in [6.45, 7) is 2.64. The van der Waals surface area contributed by atoms with Gasteiger partial charge >= 0.3 is 5.91 Å². The molecule has 0 radical (unpaired) electrons. The third kappa shape index (κ3) is 5.09. The Balaban J connectivity index is 1.65. The average Bonchev–Trinajstić information content (AvgIpc) is 3.48. The zero-order valence-electron chi connectivity index (χ0n) is 21.5. The maximum atomic E-state index is 13.9. The number of unbranched alkanes of at least 4 members (excludes halogenated alkanes) is 2. The molecule has 1 unspecified atom stereocenters. The second-order valence-corrected chi connectivity index (χ2v) is 10.1. The summed E-state index contributed by atoms with van der Waals surface area (Å²) in [5.41, 5.74) is 1.34. The molecule has 1 atom stereocenters. The van der Waals surface area contributed by atoms with Crippen molar-refractivity contribution in [2.75, 3.05) is 18.6 Å². The lowest BCUT2D eigenvalue weighted by Gasteiger charge is -2.24. The zero-order chi connectivity index (χ0) is 27.5. The Morgan fingerprint density at radius 2 is 1.85 bits per heavy atom. The van der Waals surface area contributed by atoms with Crippen molar-refractivity contribution >= 4 is 44.1 Å². The minimum Gasteiger partial charge on any atom is -0.507 e. The Hall–Kier alpha value is -4.24. The molecule has 1 aliphatic heterocycles. The van der Waals surface area contributed by atoms with E-state index in [0.29, 0.717) is 39.4 Å². The Bertz CT molecular complexity index is 1570. The number of carbonyl (C=O) groups excluding carboxylic acids is 2. The molecule has 0 saturated carbocycles. The molecule has 9 heteroatoms. The minimum absolute atomic E-state index is 0.0738. The van der Waals surface area contributed by atoms with Crippen molar-refractivity contribution in [1.29, 1.82) is 0 Å². The molecule has 1 aliphatic rings. The number of anilines is 1. The molecular weight excluding hydrogens is 519 g/mol. The first-order valence-electron chi connectivity index (χ1n) is 12.7. The Morgan fingerprint density at radius 1 is 1.05 bits per heavy atom. The Kier molecular flexibility index (Phi) is 7.60. The summed E-state index contributed by atoms with van der Waals surface area (Å²) in [6, 6.07) is 16.9. The van der Waals surface area contributed by atoms with Gasteiger partial charge in [-0.2, -0.15) is 0 Å². The number of aromatic nitrogens is 1. The van der Waals surface area contributed by atoms with E-state index in [1.807, 2.05) is 0 Å². The van der Waals surface area contributed by atoms with Gasteiger partial charge in [-0.05, 0) is 42.3 Å². The molecule has 3 aromatic carbocycles. The fourth-order valence-corrected chi connectivity index (χ4v) is 5.61. The van der Waals surface area contributed by atoms with Crippen LogP contribution >= 0.6 is 11.3 Å². The lowest BCUT2D eigenvalue weighted by molar-refractivity contribution is -0.132. The van der Waals surface area contributed by atoms with Crippen molar-refractivity contribution in [2.24, 2.45) is 0 Å². The van der Waals surface area contributed by atoms with Crippen molar-refractivity contribution in [1.82, 2.24) is 4.98 Å². The Labute approximate surface area is 229 Å². The van der Waals surface area contributed by atoms with Crippen LogP contribution < -0.4 is 14.4 Å². The number of carbonyl (C=O) groups is 2. The first-order valence-corrected chi connectivity index (χ1v) is 13.5. The van der Waals surface area contributed by atoms with Crippen LogP contribution in [0.25, 0.3) is 16.0 Å². The van der Waals surface area contributed by atoms with Crippen LogP contribution in [-0.4, -0.2) is 35.5 Å². The number of ketones is 1. The number of thiazole rings is 1. The summed E-state index contributed by atoms with van der Waals surface area (Å²) < 4.78 is 25.9. The van der Waals surface area contributed by atoms with Crippen LogP contribution in [-0.2, 0) is 9.59 Å². The molecule has 0 spiro atoms. The molecule has 2 heterocycles. The van der Waals surface area contributed by atoms with E-state index in [0.717, 1.165) is 30.6 Å². The van der Waals surface area contributed by atoms with E-state index >= 15 is 0 Å². The maximum Gasteiger partial charge on any atom is 0.301 e. The number of ether oxygens (including phenoxy) is 2. The van der Waals surface area contributed by atoms with Gasteiger partial charge in [0.1, 0.15) is 11.6 Å². The number of aliphatic hydroxyl groups excluding tert-OH is 1. The first kappa shape index (κ1) is 26.4. The summed E-state index contributed by atoms with van der Waals surface area (Å²) in [7, 11) is 1.51. The van der Waals surface area contributed by atoms with Crippen molar-refractivity contribution in [3.05, 3.63) is 89.2 Å². The van der Waals surface area contributed by atoms with Crippen LogP contribution in [0.1, 0.15) is 43.4 Å². The fourth-order valence-electron chi connectivity index (χ4n) is 4.59. The van der Waals surface area contributed by atoms with Crippen molar-refractivity contribution in [2.45, 2.75) is 32.2 Å². The number of rotatable bonds is 9. The van der Waals surface area contributed by atoms with Crippen LogP contribution in [0.2, 0.25) is 0 Å². The first-order chi connectivity index (χ1) is 18.9. The van der Waals surface area contributed by atoms with Crippen LogP contribution in [0.5, 0.6) is 11.5 Å². The van der Waals surface area contributed by atoms with E-state index in [-0.39, 0.29) is 16.5 Å². The monoisotopic (exact) mass is 546 g/mol. The lowest BCUT2D eigenvalue weighted by atomic mass is 9.95. The van der Waals surface area contributed by atoms with Gasteiger partial charge in [-0.3, -0.25) is 14.5 Å². The average molecular weight is 547 g/mol. The van der Waals surface area contributed by atoms with E-state index in [1.165, 1.54) is 30.2 Å². The predicted molar refractivity (Wildman–Crippen MR) is 149 cm³/mol. The topological polar surface area (TPSA) is 89.0 Å². The van der Waals surface area contributed by atoms with Gasteiger partial charge in [0.15, 0.2) is 16.6 Å². The number of halogens is 1. The maximum absolute atomic E-state index is 13.9. The summed E-state index contributed by atoms with van der Waals surface area (Å²) in [4.78, 5) is 32.7. The highest BCUT2D eigenvalue weighted by molar-refractivity contribution is 7.22. The largest absolute Gasteiger partial charge is 0.507 e. The minimum atomic E-state index is -1.00. The fraction of sp³-hybridized carbons (Fsp3) is 0.233. The zero-order valence-corrected chi connectivity index (χ0v) is 22.3. The highest BCUT2D eigenvalue weighted by Crippen LogP contribution is 2.45. The third-order valence-corrected chi connectivity index (χ3v) is 7.56. The van der Waals surface area contributed by atoms with E-state index in [4.69, 9.17) is 9.47 Å². The lowest BCUT2D eigenvalue weighted by Crippen LogP contribution is -2.29. The van der Waals surface area contributed by atoms with Gasteiger partial charge < -0.3 is 14.6 Å². The summed E-state index contributed by atoms with van der Waals surface area (Å²) in [5, 5.41) is 11.5. The van der Waals surface area contributed by atoms with Gasteiger partial charge in [0.25, 0.3) is 5.78 Å². The van der Waals surface area contributed by atoms with Gasteiger partial charge in [0, 0.05) is 5.56 Å². The van der Waals surface area contributed by atoms with Crippen molar-refractivity contribution in [3.8, 4) is 11.5 Å². The predicted octanol–water partition coefficient (Wildman–Crippen LogP) is 6.64. The van der Waals surface area contributed by atoms with Crippen LogP contribution in [0.3, 0.4) is 0 Å². The highest BCUT2D eigenvalue weighted by Gasteiger charge is 2.48. The molecule has 1 aromatic heterocycles. The van der Waals surface area contributed by atoms with Crippen LogP contribution in [0.4, 0.5) is 9.52 Å². The molecule has 1 saturated heterocycles. The van der Waals surface area contributed by atoms with Gasteiger partial charge in [-0.1, -0.05) is 67.5 Å². The quantitative estimate of drug-likeness (QED) is 0.110. The molecule has 200 valence electrons. The third-order valence-electron chi connectivity index (χ3n) is 6.55. The van der Waals surface area contributed by atoms with E-state index in [1.54, 1.807) is 48.5 Å². The molecule has 0 aliphatic carbocycles. The number of hydrogen-bond acceptors (Lipinski definition) is 7. The van der Waals surface area contributed by atoms with E-state index < -0.39 is 23.5 Å². The molecule has 1 N–H and O–H groups in total. The summed E-state index contributed by atoms with van der Waals surface area (Å²) >= 11 is 1.09. The number of methoxy groups -OCH3 is 1. The normalized spacial score (nSPS) is 16.7. The number of fused-ring (bicyclic) bond motifs is 1.